The van der Waals surface area contributed by atoms with Gasteiger partial charge in [-0.25, -0.2) is 0 Å². The number of likely N-dealkylation sites (tertiary alicyclic amines) is 1. The van der Waals surface area contributed by atoms with Crippen LogP contribution in [-0.4, -0.2) is 70.8 Å². The number of carbonyl (C=O) groups is 2. The highest BCUT2D eigenvalue weighted by Gasteiger charge is 2.23. The Balaban J connectivity index is 1.42. The zero-order valence-corrected chi connectivity index (χ0v) is 15.8. The van der Waals surface area contributed by atoms with Gasteiger partial charge < -0.3 is 9.80 Å². The Labute approximate surface area is 156 Å². The van der Waals surface area contributed by atoms with Crippen LogP contribution in [0.5, 0.6) is 0 Å². The van der Waals surface area contributed by atoms with Crippen molar-refractivity contribution in [1.29, 1.82) is 0 Å². The van der Waals surface area contributed by atoms with Gasteiger partial charge in [-0.2, -0.15) is 0 Å². The summed E-state index contributed by atoms with van der Waals surface area (Å²) in [4.78, 5) is 35.2. The van der Waals surface area contributed by atoms with Crippen LogP contribution in [0, 0.1) is 6.92 Å². The minimum Gasteiger partial charge on any atom is -0.342 e. The molecule has 0 aromatic carbocycles. The molecule has 0 saturated carbocycles. The Hall–Kier alpha value is -1.95. The number of piperazine rings is 1. The molecule has 142 valence electrons. The molecular formula is C20H30N4O2. The van der Waals surface area contributed by atoms with Crippen molar-refractivity contribution in [3.8, 4) is 0 Å². The summed E-state index contributed by atoms with van der Waals surface area (Å²) >= 11 is 0. The number of amides is 2. The monoisotopic (exact) mass is 358 g/mol. The molecule has 0 spiro atoms. The lowest BCUT2D eigenvalue weighted by molar-refractivity contribution is -0.135. The number of aryl methyl sites for hydroxylation is 1. The molecule has 2 amide bonds. The van der Waals surface area contributed by atoms with Gasteiger partial charge in [-0.3, -0.25) is 19.5 Å². The first-order chi connectivity index (χ1) is 12.6. The van der Waals surface area contributed by atoms with E-state index in [9.17, 15) is 9.59 Å². The molecule has 0 atom stereocenters. The van der Waals surface area contributed by atoms with Gasteiger partial charge >= 0.3 is 0 Å². The van der Waals surface area contributed by atoms with E-state index < -0.39 is 0 Å². The van der Waals surface area contributed by atoms with E-state index in [1.54, 1.807) is 0 Å². The predicted molar refractivity (Wildman–Crippen MR) is 100 cm³/mol. The number of hydrogen-bond donors (Lipinski definition) is 0. The van der Waals surface area contributed by atoms with E-state index in [4.69, 9.17) is 0 Å². The predicted octanol–water partition coefficient (Wildman–Crippen LogP) is 1.83. The average Bonchev–Trinajstić information content (AvgIpc) is 2.86. The van der Waals surface area contributed by atoms with Crippen molar-refractivity contribution >= 4 is 11.8 Å². The number of carbonyl (C=O) groups excluding carboxylic acids is 2. The second-order valence-corrected chi connectivity index (χ2v) is 7.37. The topological polar surface area (TPSA) is 56.8 Å². The molecule has 0 aliphatic carbocycles. The summed E-state index contributed by atoms with van der Waals surface area (Å²) in [5, 5.41) is 0. The summed E-state index contributed by atoms with van der Waals surface area (Å²) in [5.41, 5.74) is 2.33. The van der Waals surface area contributed by atoms with E-state index in [1.807, 2.05) is 22.1 Å². The molecule has 0 unspecified atom stereocenters. The third-order valence-corrected chi connectivity index (χ3v) is 5.48. The van der Waals surface area contributed by atoms with Crippen LogP contribution < -0.4 is 0 Å². The molecule has 2 saturated heterocycles. The molecule has 2 aliphatic heterocycles. The summed E-state index contributed by atoms with van der Waals surface area (Å²) in [7, 11) is 0. The van der Waals surface area contributed by atoms with Gasteiger partial charge in [0.1, 0.15) is 0 Å². The molecule has 6 nitrogen and oxygen atoms in total. The number of aromatic nitrogens is 1. The highest BCUT2D eigenvalue weighted by Crippen LogP contribution is 2.13. The van der Waals surface area contributed by atoms with Crippen LogP contribution in [0.3, 0.4) is 0 Å². The van der Waals surface area contributed by atoms with Crippen molar-refractivity contribution in [3.05, 3.63) is 29.6 Å². The van der Waals surface area contributed by atoms with Crippen LogP contribution in [0.4, 0.5) is 0 Å². The first-order valence-corrected chi connectivity index (χ1v) is 9.82. The van der Waals surface area contributed by atoms with Crippen LogP contribution in [0.1, 0.15) is 43.4 Å². The largest absolute Gasteiger partial charge is 0.342 e. The molecule has 0 bridgehead atoms. The summed E-state index contributed by atoms with van der Waals surface area (Å²) in [5.74, 6) is 0.390. The highest BCUT2D eigenvalue weighted by atomic mass is 16.2. The van der Waals surface area contributed by atoms with Crippen molar-refractivity contribution in [3.63, 3.8) is 0 Å². The zero-order valence-electron chi connectivity index (χ0n) is 15.8. The summed E-state index contributed by atoms with van der Waals surface area (Å²) in [6.45, 7) is 7.60. The molecule has 6 heteroatoms. The Bertz CT molecular complexity index is 626. The maximum absolute atomic E-state index is 12.5. The van der Waals surface area contributed by atoms with Crippen molar-refractivity contribution < 1.29 is 9.59 Å². The lowest BCUT2D eigenvalue weighted by Crippen LogP contribution is -2.49. The van der Waals surface area contributed by atoms with Gasteiger partial charge in [-0.1, -0.05) is 12.5 Å². The van der Waals surface area contributed by atoms with Gasteiger partial charge in [-0.15, -0.1) is 0 Å². The van der Waals surface area contributed by atoms with Crippen LogP contribution in [-0.2, 0) is 16.1 Å². The first kappa shape index (κ1) is 18.8. The molecule has 2 aliphatic rings. The van der Waals surface area contributed by atoms with Crippen molar-refractivity contribution in [2.45, 2.75) is 45.6 Å². The number of rotatable bonds is 5. The van der Waals surface area contributed by atoms with Gasteiger partial charge in [0, 0.05) is 64.9 Å². The summed E-state index contributed by atoms with van der Waals surface area (Å²) in [6, 6.07) is 4.05. The number of hydrogen-bond acceptors (Lipinski definition) is 4. The van der Waals surface area contributed by atoms with E-state index in [2.05, 4.69) is 22.9 Å². The van der Waals surface area contributed by atoms with Crippen LogP contribution in [0.15, 0.2) is 18.3 Å². The molecule has 3 heterocycles. The number of nitrogens with zero attached hydrogens (tertiary/aromatic N) is 4. The Morgan fingerprint density at radius 3 is 2.69 bits per heavy atom. The molecule has 0 radical (unpaired) electrons. The van der Waals surface area contributed by atoms with Crippen LogP contribution in [0.25, 0.3) is 0 Å². The molecule has 1 aromatic rings. The quantitative estimate of drug-likeness (QED) is 0.806. The van der Waals surface area contributed by atoms with Crippen molar-refractivity contribution in [2.24, 2.45) is 0 Å². The standard InChI is InChI=1S/C20H30N4O2/c1-17-6-5-9-21-18(17)16-22-12-14-24(15-13-22)20(26)8-11-23-10-4-2-3-7-19(23)25/h5-6,9H,2-4,7-8,10-16H2,1H3. The second kappa shape index (κ2) is 9.12. The molecule has 1 aromatic heterocycles. The lowest BCUT2D eigenvalue weighted by atomic mass is 10.2. The minimum atomic E-state index is 0.177. The van der Waals surface area contributed by atoms with Gasteiger partial charge in [0.2, 0.25) is 11.8 Å². The van der Waals surface area contributed by atoms with Crippen LogP contribution >= 0.6 is 0 Å². The molecule has 26 heavy (non-hydrogen) atoms. The molecule has 2 fully saturated rings. The highest BCUT2D eigenvalue weighted by molar-refractivity contribution is 5.79. The smallest absolute Gasteiger partial charge is 0.224 e. The van der Waals surface area contributed by atoms with E-state index in [0.717, 1.165) is 64.2 Å². The van der Waals surface area contributed by atoms with Gasteiger partial charge in [0.05, 0.1) is 5.69 Å². The lowest BCUT2D eigenvalue weighted by Gasteiger charge is -2.35. The first-order valence-electron chi connectivity index (χ1n) is 9.82. The maximum Gasteiger partial charge on any atom is 0.224 e. The number of pyridine rings is 1. The normalized spacial score (nSPS) is 19.5. The minimum absolute atomic E-state index is 0.177. The fourth-order valence-electron chi connectivity index (χ4n) is 3.71. The Kier molecular flexibility index (Phi) is 6.61. The van der Waals surface area contributed by atoms with E-state index in [0.29, 0.717) is 19.4 Å². The van der Waals surface area contributed by atoms with Crippen molar-refractivity contribution in [2.75, 3.05) is 39.3 Å². The third kappa shape index (κ3) is 5.04. The van der Waals surface area contributed by atoms with Gasteiger partial charge in [0.25, 0.3) is 0 Å². The average molecular weight is 358 g/mol. The van der Waals surface area contributed by atoms with Crippen molar-refractivity contribution in [1.82, 2.24) is 19.7 Å². The zero-order chi connectivity index (χ0) is 18.4. The summed E-state index contributed by atoms with van der Waals surface area (Å²) < 4.78 is 0. The van der Waals surface area contributed by atoms with Gasteiger partial charge in [-0.05, 0) is 31.4 Å². The molecule has 0 N–H and O–H groups in total. The molecular weight excluding hydrogens is 328 g/mol. The SMILES string of the molecule is Cc1cccnc1CN1CCN(C(=O)CCN2CCCCCC2=O)CC1. The summed E-state index contributed by atoms with van der Waals surface area (Å²) in [6.07, 6.45) is 6.09. The van der Waals surface area contributed by atoms with E-state index >= 15 is 0 Å². The molecule has 3 rings (SSSR count). The second-order valence-electron chi connectivity index (χ2n) is 7.37. The third-order valence-electron chi connectivity index (χ3n) is 5.48. The Morgan fingerprint density at radius 2 is 1.92 bits per heavy atom. The Morgan fingerprint density at radius 1 is 1.12 bits per heavy atom. The maximum atomic E-state index is 12.5. The van der Waals surface area contributed by atoms with Crippen LogP contribution in [0.2, 0.25) is 0 Å². The van der Waals surface area contributed by atoms with E-state index in [1.165, 1.54) is 5.56 Å². The van der Waals surface area contributed by atoms with Gasteiger partial charge in [0.15, 0.2) is 0 Å². The fraction of sp³-hybridized carbons (Fsp3) is 0.650. The fourth-order valence-corrected chi connectivity index (χ4v) is 3.71. The van der Waals surface area contributed by atoms with E-state index in [-0.39, 0.29) is 11.8 Å².